The highest BCUT2D eigenvalue weighted by Crippen LogP contribution is 2.29. The molecule has 1 aliphatic rings. The Hall–Kier alpha value is -2.89. The molecule has 0 spiro atoms. The van der Waals surface area contributed by atoms with Crippen LogP contribution < -0.4 is 16.2 Å². The quantitative estimate of drug-likeness (QED) is 0.864. The first-order valence-electron chi connectivity index (χ1n) is 8.31. The van der Waals surface area contributed by atoms with Gasteiger partial charge in [0.15, 0.2) is 0 Å². The normalized spacial score (nSPS) is 18.5. The molecular weight excluding hydrogens is 318 g/mol. The van der Waals surface area contributed by atoms with E-state index in [1.807, 2.05) is 30.3 Å². The van der Waals surface area contributed by atoms with E-state index < -0.39 is 11.5 Å². The molecule has 130 valence electrons. The molecular formula is C19H21N3O3. The number of carbonyl (C=O) groups is 2. The summed E-state index contributed by atoms with van der Waals surface area (Å²) in [5.41, 5.74) is 0.781. The summed E-state index contributed by atoms with van der Waals surface area (Å²) in [5, 5.41) is 5.38. The van der Waals surface area contributed by atoms with Gasteiger partial charge >= 0.3 is 0 Å². The van der Waals surface area contributed by atoms with E-state index in [2.05, 4.69) is 17.6 Å². The minimum absolute atomic E-state index is 0.0325. The van der Waals surface area contributed by atoms with Gasteiger partial charge in [0.05, 0.1) is 12.1 Å². The van der Waals surface area contributed by atoms with Crippen LogP contribution in [0, 0.1) is 5.92 Å². The molecule has 3 rings (SSSR count). The van der Waals surface area contributed by atoms with Crippen molar-refractivity contribution < 1.29 is 9.59 Å². The fourth-order valence-electron chi connectivity index (χ4n) is 2.73. The molecule has 6 nitrogen and oxygen atoms in total. The minimum Gasteiger partial charge on any atom is -0.355 e. The van der Waals surface area contributed by atoms with E-state index in [1.165, 1.54) is 23.9 Å². The highest BCUT2D eigenvalue weighted by atomic mass is 16.2. The highest BCUT2D eigenvalue weighted by Gasteiger charge is 2.34. The zero-order chi connectivity index (χ0) is 18.0. The Morgan fingerprint density at radius 1 is 1.20 bits per heavy atom. The monoisotopic (exact) mass is 339 g/mol. The number of aromatic nitrogens is 1. The summed E-state index contributed by atoms with van der Waals surface area (Å²) in [7, 11) is 1.46. The minimum atomic E-state index is -0.499. The largest absolute Gasteiger partial charge is 0.355 e. The van der Waals surface area contributed by atoms with Gasteiger partial charge in [0, 0.05) is 19.3 Å². The average Bonchev–Trinajstić information content (AvgIpc) is 3.31. The third-order valence-electron chi connectivity index (χ3n) is 4.44. The summed E-state index contributed by atoms with van der Waals surface area (Å²) in [4.78, 5) is 37.1. The van der Waals surface area contributed by atoms with Crippen molar-refractivity contribution in [3.8, 4) is 0 Å². The average molecular weight is 339 g/mol. The van der Waals surface area contributed by atoms with Crippen molar-refractivity contribution in [2.45, 2.75) is 25.9 Å². The number of nitrogens with zero attached hydrogens (tertiary/aromatic N) is 1. The summed E-state index contributed by atoms with van der Waals surface area (Å²) < 4.78 is 1.41. The third kappa shape index (κ3) is 3.79. The van der Waals surface area contributed by atoms with Crippen LogP contribution in [0.15, 0.2) is 47.4 Å². The van der Waals surface area contributed by atoms with Crippen LogP contribution in [0.5, 0.6) is 0 Å². The predicted molar refractivity (Wildman–Crippen MR) is 94.7 cm³/mol. The third-order valence-corrected chi connectivity index (χ3v) is 4.44. The topological polar surface area (TPSA) is 80.2 Å². The number of rotatable bonds is 5. The molecule has 6 heteroatoms. The van der Waals surface area contributed by atoms with E-state index in [0.29, 0.717) is 18.0 Å². The number of amides is 2. The summed E-state index contributed by atoms with van der Waals surface area (Å²) in [6, 6.07) is 11.0. The van der Waals surface area contributed by atoms with Crippen molar-refractivity contribution in [3.63, 3.8) is 0 Å². The van der Waals surface area contributed by atoms with Crippen LogP contribution in [0.1, 0.15) is 39.6 Å². The van der Waals surface area contributed by atoms with Gasteiger partial charge in [-0.2, -0.15) is 0 Å². The summed E-state index contributed by atoms with van der Waals surface area (Å²) in [5.74, 6) is -0.292. The van der Waals surface area contributed by atoms with Crippen molar-refractivity contribution in [1.82, 2.24) is 15.2 Å². The van der Waals surface area contributed by atoms with E-state index in [-0.39, 0.29) is 17.5 Å². The van der Waals surface area contributed by atoms with Crippen molar-refractivity contribution in [2.24, 2.45) is 5.92 Å². The predicted octanol–water partition coefficient (Wildman–Crippen LogP) is 1.39. The number of carbonyl (C=O) groups excluding carboxylic acids is 2. The number of hydrogen-bond acceptors (Lipinski definition) is 3. The Balaban J connectivity index is 1.97. The Bertz CT molecular complexity index is 858. The molecule has 1 aliphatic carbocycles. The summed E-state index contributed by atoms with van der Waals surface area (Å²) in [6.07, 6.45) is 2.47. The second-order valence-corrected chi connectivity index (χ2v) is 6.43. The number of nitrogens with one attached hydrogen (secondary N) is 2. The van der Waals surface area contributed by atoms with Crippen molar-refractivity contribution in [1.29, 1.82) is 0 Å². The Kier molecular flexibility index (Phi) is 4.70. The van der Waals surface area contributed by atoms with Gasteiger partial charge < -0.3 is 15.2 Å². The van der Waals surface area contributed by atoms with E-state index >= 15 is 0 Å². The molecule has 1 unspecified atom stereocenters. The number of pyridine rings is 1. The highest BCUT2D eigenvalue weighted by molar-refractivity contribution is 5.99. The Morgan fingerprint density at radius 2 is 1.88 bits per heavy atom. The van der Waals surface area contributed by atoms with Gasteiger partial charge in [-0.3, -0.25) is 14.4 Å². The molecule has 2 atom stereocenters. The maximum Gasteiger partial charge on any atom is 0.263 e. The lowest BCUT2D eigenvalue weighted by atomic mass is 10.1. The van der Waals surface area contributed by atoms with Crippen LogP contribution >= 0.6 is 0 Å². The maximum absolute atomic E-state index is 12.6. The molecule has 2 amide bonds. The number of benzene rings is 1. The first-order valence-corrected chi connectivity index (χ1v) is 8.31. The van der Waals surface area contributed by atoms with Crippen LogP contribution in [0.2, 0.25) is 0 Å². The van der Waals surface area contributed by atoms with Crippen LogP contribution in [0.25, 0.3) is 0 Å². The molecule has 1 aromatic heterocycles. The fourth-order valence-corrected chi connectivity index (χ4v) is 2.73. The van der Waals surface area contributed by atoms with Gasteiger partial charge in [-0.15, -0.1) is 0 Å². The zero-order valence-corrected chi connectivity index (χ0v) is 14.3. The van der Waals surface area contributed by atoms with Crippen LogP contribution in [-0.4, -0.2) is 29.5 Å². The van der Waals surface area contributed by atoms with E-state index in [9.17, 15) is 14.4 Å². The lowest BCUT2D eigenvalue weighted by molar-refractivity contribution is 0.0948. The molecule has 0 bridgehead atoms. The number of hydrogen-bond donors (Lipinski definition) is 2. The SMILES string of the molecule is CNC(=O)c1cc(C(=O)N[C@@H]2CC2C)cn(Cc2ccccc2)c1=O. The van der Waals surface area contributed by atoms with E-state index in [1.54, 1.807) is 0 Å². The molecule has 2 aromatic rings. The van der Waals surface area contributed by atoms with Crippen LogP contribution in [0.4, 0.5) is 0 Å². The van der Waals surface area contributed by atoms with Crippen molar-refractivity contribution in [3.05, 3.63) is 69.6 Å². The van der Waals surface area contributed by atoms with Crippen LogP contribution in [0.3, 0.4) is 0 Å². The maximum atomic E-state index is 12.6. The van der Waals surface area contributed by atoms with Crippen molar-refractivity contribution >= 4 is 11.8 Å². The Morgan fingerprint density at radius 3 is 2.48 bits per heavy atom. The van der Waals surface area contributed by atoms with E-state index in [4.69, 9.17) is 0 Å². The lowest BCUT2D eigenvalue weighted by Crippen LogP contribution is -2.34. The molecule has 0 radical (unpaired) electrons. The molecule has 1 fully saturated rings. The molecule has 25 heavy (non-hydrogen) atoms. The smallest absolute Gasteiger partial charge is 0.263 e. The van der Waals surface area contributed by atoms with Crippen molar-refractivity contribution in [2.75, 3.05) is 7.05 Å². The van der Waals surface area contributed by atoms with Gasteiger partial charge in [0.25, 0.3) is 17.4 Å². The van der Waals surface area contributed by atoms with Gasteiger partial charge in [0.2, 0.25) is 0 Å². The summed E-state index contributed by atoms with van der Waals surface area (Å²) >= 11 is 0. The molecule has 1 aromatic carbocycles. The summed E-state index contributed by atoms with van der Waals surface area (Å²) in [6.45, 7) is 2.36. The molecule has 1 saturated carbocycles. The molecule has 0 saturated heterocycles. The second kappa shape index (κ2) is 6.93. The van der Waals surface area contributed by atoms with E-state index in [0.717, 1.165) is 12.0 Å². The Labute approximate surface area is 145 Å². The molecule has 2 N–H and O–H groups in total. The first kappa shape index (κ1) is 17.0. The zero-order valence-electron chi connectivity index (χ0n) is 14.3. The van der Waals surface area contributed by atoms with Gasteiger partial charge in [-0.25, -0.2) is 0 Å². The molecule has 1 heterocycles. The van der Waals surface area contributed by atoms with Gasteiger partial charge in [-0.05, 0) is 24.0 Å². The van der Waals surface area contributed by atoms with Gasteiger partial charge in [-0.1, -0.05) is 37.3 Å². The standard InChI is InChI=1S/C19H21N3O3/c1-12-8-16(12)21-17(23)14-9-15(18(24)20-2)19(25)22(11-14)10-13-6-4-3-5-7-13/h3-7,9,11-12,16H,8,10H2,1-2H3,(H,20,24)(H,21,23)/t12?,16-/m1/s1. The molecule has 0 aliphatic heterocycles. The first-order chi connectivity index (χ1) is 12.0. The lowest BCUT2D eigenvalue weighted by Gasteiger charge is -2.12. The fraction of sp³-hybridized carbons (Fsp3) is 0.316. The van der Waals surface area contributed by atoms with Gasteiger partial charge in [0.1, 0.15) is 5.56 Å². The second-order valence-electron chi connectivity index (χ2n) is 6.43. The van der Waals surface area contributed by atoms with Crippen LogP contribution in [-0.2, 0) is 6.54 Å².